The molecule has 2 rings (SSSR count). The number of rotatable bonds is 1. The van der Waals surface area contributed by atoms with Gasteiger partial charge < -0.3 is 5.32 Å². The normalized spacial score (nSPS) is 24.8. The Labute approximate surface area is 79.4 Å². The van der Waals surface area contributed by atoms with Gasteiger partial charge in [0, 0.05) is 19.6 Å². The molecule has 1 fully saturated rings. The Hall–Kier alpha value is -0.770. The fourth-order valence-electron chi connectivity index (χ4n) is 1.81. The zero-order valence-corrected chi connectivity index (χ0v) is 8.05. The van der Waals surface area contributed by atoms with Crippen molar-refractivity contribution in [2.45, 2.75) is 25.7 Å². The summed E-state index contributed by atoms with van der Waals surface area (Å²) in [6.07, 6.45) is 5.36. The molecular weight excluding hydrogens is 164 g/mol. The molecular formula is C9H18N4. The molecule has 1 saturated heterocycles. The lowest BCUT2D eigenvalue weighted by Crippen LogP contribution is -2.46. The molecule has 4 nitrogen and oxygen atoms in total. The van der Waals surface area contributed by atoms with Gasteiger partial charge in [-0.05, 0) is 12.8 Å². The molecule has 2 aliphatic rings. The molecule has 0 spiro atoms. The summed E-state index contributed by atoms with van der Waals surface area (Å²) < 4.78 is 0. The minimum absolute atomic E-state index is 0.913. The standard InChI is InChI=1S/C9H18N4/c1-2-4-8-13(7-3-1)12-9-10-5-6-11-9/h1-8H2,(H2,10,11,12). The van der Waals surface area contributed by atoms with E-state index in [0.29, 0.717) is 0 Å². The lowest BCUT2D eigenvalue weighted by molar-refractivity contribution is 0.243. The van der Waals surface area contributed by atoms with Crippen LogP contribution in [0.4, 0.5) is 0 Å². The van der Waals surface area contributed by atoms with Crippen molar-refractivity contribution in [2.24, 2.45) is 4.99 Å². The second-order valence-corrected chi connectivity index (χ2v) is 3.67. The molecule has 0 radical (unpaired) electrons. The molecule has 0 aromatic carbocycles. The Balaban J connectivity index is 1.78. The summed E-state index contributed by atoms with van der Waals surface area (Å²) in [5, 5.41) is 5.50. The van der Waals surface area contributed by atoms with Crippen LogP contribution in [-0.4, -0.2) is 37.1 Å². The van der Waals surface area contributed by atoms with Crippen LogP contribution < -0.4 is 10.7 Å². The van der Waals surface area contributed by atoms with Crippen LogP contribution >= 0.6 is 0 Å². The van der Waals surface area contributed by atoms with Gasteiger partial charge in [-0.2, -0.15) is 0 Å². The highest BCUT2D eigenvalue weighted by Gasteiger charge is 2.11. The zero-order valence-electron chi connectivity index (χ0n) is 8.05. The first kappa shape index (κ1) is 8.81. The number of hydrazine groups is 1. The number of hydrogen-bond acceptors (Lipinski definition) is 4. The number of aliphatic imine (C=N–C) groups is 1. The Morgan fingerprint density at radius 2 is 1.92 bits per heavy atom. The molecule has 0 aromatic heterocycles. The molecule has 0 aliphatic carbocycles. The Bertz CT molecular complexity index is 182. The van der Waals surface area contributed by atoms with Crippen LogP contribution in [0.15, 0.2) is 4.99 Å². The van der Waals surface area contributed by atoms with Gasteiger partial charge >= 0.3 is 0 Å². The van der Waals surface area contributed by atoms with Crippen molar-refractivity contribution in [3.63, 3.8) is 0 Å². The Morgan fingerprint density at radius 3 is 2.54 bits per heavy atom. The number of nitrogens with one attached hydrogen (secondary N) is 2. The van der Waals surface area contributed by atoms with E-state index in [1.165, 1.54) is 25.7 Å². The van der Waals surface area contributed by atoms with Crippen molar-refractivity contribution in [1.29, 1.82) is 0 Å². The van der Waals surface area contributed by atoms with Crippen molar-refractivity contribution < 1.29 is 0 Å². The molecule has 0 saturated carbocycles. The first-order valence-corrected chi connectivity index (χ1v) is 5.25. The van der Waals surface area contributed by atoms with Crippen molar-refractivity contribution in [1.82, 2.24) is 15.8 Å². The van der Waals surface area contributed by atoms with Gasteiger partial charge in [0.05, 0.1) is 6.54 Å². The minimum Gasteiger partial charge on any atom is -0.353 e. The maximum absolute atomic E-state index is 4.31. The maximum Gasteiger partial charge on any atom is 0.206 e. The number of guanidine groups is 1. The Kier molecular flexibility index (Phi) is 3.02. The highest BCUT2D eigenvalue weighted by atomic mass is 15.5. The van der Waals surface area contributed by atoms with E-state index in [4.69, 9.17) is 0 Å². The van der Waals surface area contributed by atoms with E-state index in [0.717, 1.165) is 32.1 Å². The topological polar surface area (TPSA) is 39.7 Å². The van der Waals surface area contributed by atoms with Gasteiger partial charge in [0.25, 0.3) is 0 Å². The summed E-state index contributed by atoms with van der Waals surface area (Å²) in [5.41, 5.74) is 3.33. The summed E-state index contributed by atoms with van der Waals surface area (Å²) in [6, 6.07) is 0. The van der Waals surface area contributed by atoms with Gasteiger partial charge in [-0.15, -0.1) is 0 Å². The van der Waals surface area contributed by atoms with Crippen LogP contribution in [-0.2, 0) is 0 Å². The number of hydrogen-bond donors (Lipinski definition) is 2. The van der Waals surface area contributed by atoms with Gasteiger partial charge in [-0.3, -0.25) is 10.4 Å². The summed E-state index contributed by atoms with van der Waals surface area (Å²) in [4.78, 5) is 4.31. The Morgan fingerprint density at radius 1 is 1.15 bits per heavy atom. The predicted octanol–water partition coefficient (Wildman–Crippen LogP) is 0.326. The largest absolute Gasteiger partial charge is 0.353 e. The van der Waals surface area contributed by atoms with Crippen molar-refractivity contribution in [3.8, 4) is 0 Å². The van der Waals surface area contributed by atoms with E-state index in [1.807, 2.05) is 0 Å². The van der Waals surface area contributed by atoms with E-state index in [2.05, 4.69) is 20.7 Å². The van der Waals surface area contributed by atoms with Crippen LogP contribution in [0.1, 0.15) is 25.7 Å². The third-order valence-electron chi connectivity index (χ3n) is 2.54. The fourth-order valence-corrected chi connectivity index (χ4v) is 1.81. The molecule has 0 atom stereocenters. The highest BCUT2D eigenvalue weighted by Crippen LogP contribution is 2.07. The van der Waals surface area contributed by atoms with Gasteiger partial charge in [0.2, 0.25) is 5.96 Å². The predicted molar refractivity (Wildman–Crippen MR) is 53.5 cm³/mol. The number of nitrogens with zero attached hydrogens (tertiary/aromatic N) is 2. The highest BCUT2D eigenvalue weighted by molar-refractivity contribution is 5.80. The third-order valence-corrected chi connectivity index (χ3v) is 2.54. The zero-order chi connectivity index (χ0) is 8.93. The molecule has 2 heterocycles. The van der Waals surface area contributed by atoms with Gasteiger partial charge in [0.15, 0.2) is 0 Å². The smallest absolute Gasteiger partial charge is 0.206 e. The molecule has 0 amide bonds. The summed E-state index contributed by atoms with van der Waals surface area (Å²) in [6.45, 7) is 4.20. The third kappa shape index (κ3) is 2.59. The van der Waals surface area contributed by atoms with Gasteiger partial charge in [-0.1, -0.05) is 12.8 Å². The van der Waals surface area contributed by atoms with Gasteiger partial charge in [-0.25, -0.2) is 5.01 Å². The molecule has 2 aliphatic heterocycles. The molecule has 2 N–H and O–H groups in total. The van der Waals surface area contributed by atoms with E-state index < -0.39 is 0 Å². The maximum atomic E-state index is 4.31. The van der Waals surface area contributed by atoms with Crippen LogP contribution in [0.3, 0.4) is 0 Å². The van der Waals surface area contributed by atoms with Crippen LogP contribution in [0, 0.1) is 0 Å². The van der Waals surface area contributed by atoms with E-state index in [-0.39, 0.29) is 0 Å². The SMILES string of the molecule is C1CCCN(NC2=NCCN2)CC1. The van der Waals surface area contributed by atoms with Crippen molar-refractivity contribution >= 4 is 5.96 Å². The lowest BCUT2D eigenvalue weighted by atomic mass is 10.2. The average Bonchev–Trinajstić information content (AvgIpc) is 2.49. The molecule has 74 valence electrons. The lowest BCUT2D eigenvalue weighted by Gasteiger charge is -2.21. The second kappa shape index (κ2) is 4.46. The van der Waals surface area contributed by atoms with Crippen molar-refractivity contribution in [3.05, 3.63) is 0 Å². The summed E-state index contributed by atoms with van der Waals surface area (Å²) >= 11 is 0. The van der Waals surface area contributed by atoms with Crippen LogP contribution in [0.25, 0.3) is 0 Å². The summed E-state index contributed by atoms with van der Waals surface area (Å²) in [7, 11) is 0. The average molecular weight is 182 g/mol. The quantitative estimate of drug-likeness (QED) is 0.614. The molecule has 13 heavy (non-hydrogen) atoms. The van der Waals surface area contributed by atoms with Crippen LogP contribution in [0.2, 0.25) is 0 Å². The van der Waals surface area contributed by atoms with Crippen LogP contribution in [0.5, 0.6) is 0 Å². The first-order valence-electron chi connectivity index (χ1n) is 5.25. The van der Waals surface area contributed by atoms with E-state index >= 15 is 0 Å². The molecule has 0 unspecified atom stereocenters. The van der Waals surface area contributed by atoms with Gasteiger partial charge in [0.1, 0.15) is 0 Å². The minimum atomic E-state index is 0.913. The first-order chi connectivity index (χ1) is 6.45. The molecule has 0 bridgehead atoms. The molecule has 4 heteroatoms. The second-order valence-electron chi connectivity index (χ2n) is 3.67. The van der Waals surface area contributed by atoms with E-state index in [9.17, 15) is 0 Å². The van der Waals surface area contributed by atoms with Crippen molar-refractivity contribution in [2.75, 3.05) is 26.2 Å². The fraction of sp³-hybridized carbons (Fsp3) is 0.889. The summed E-state index contributed by atoms with van der Waals surface area (Å²) in [5.74, 6) is 0.960. The molecule has 0 aromatic rings. The van der Waals surface area contributed by atoms with E-state index in [1.54, 1.807) is 0 Å². The monoisotopic (exact) mass is 182 g/mol.